The number of halogens is 3. The Morgan fingerprint density at radius 3 is 2.33 bits per heavy atom. The van der Waals surface area contributed by atoms with Gasteiger partial charge >= 0.3 is 11.0 Å². The number of hydrogen-bond acceptors (Lipinski definition) is 6. The molecule has 2 bridgehead atoms. The number of carbonyl (C=O) groups excluding carboxylic acids is 2. The number of thioether (sulfide) groups is 1. The molecule has 3 aromatic rings. The van der Waals surface area contributed by atoms with E-state index < -0.39 is 35.4 Å². The van der Waals surface area contributed by atoms with Crippen LogP contribution in [0.5, 0.6) is 0 Å². The second kappa shape index (κ2) is 8.47. The van der Waals surface area contributed by atoms with Crippen molar-refractivity contribution >= 4 is 46.3 Å². The van der Waals surface area contributed by atoms with Gasteiger partial charge in [-0.15, -0.1) is 11.8 Å². The Balaban J connectivity index is 1.29. The molecule has 6 nitrogen and oxygen atoms in total. The normalized spacial score (nSPS) is 30.9. The number of amides is 2. The molecule has 1 saturated heterocycles. The van der Waals surface area contributed by atoms with Crippen LogP contribution in [-0.4, -0.2) is 36.1 Å². The van der Waals surface area contributed by atoms with Gasteiger partial charge in [-0.25, -0.2) is 0 Å². The Morgan fingerprint density at radius 1 is 0.974 bits per heavy atom. The lowest BCUT2D eigenvalue weighted by molar-refractivity contribution is -0.137. The standard InChI is InChI=1S/C28H24F3N3O3S2/c1-33(2)14-8-6-12(7-9-14)18-19-16-11-17(22(19)38-24-23(18)39-27(37)32-24)21-20(16)25(35)34(26(21)36)15-5-3-4-13(10-15)28(29,30)31/h3-10,16-22H,11H2,1-2H3,(H,32,37)/t16-,17-,18+,19+,20+,21+,22-/m1/s1. The first kappa shape index (κ1) is 25.0. The highest BCUT2D eigenvalue weighted by molar-refractivity contribution is 8.00. The Kier molecular flexibility index (Phi) is 5.42. The summed E-state index contributed by atoms with van der Waals surface area (Å²) in [6, 6.07) is 12.7. The Hall–Kier alpha value is -3.05. The van der Waals surface area contributed by atoms with Crippen molar-refractivity contribution in [1.29, 1.82) is 0 Å². The van der Waals surface area contributed by atoms with Crippen molar-refractivity contribution in [1.82, 2.24) is 4.98 Å². The van der Waals surface area contributed by atoms with Crippen molar-refractivity contribution in [2.45, 2.75) is 28.8 Å². The van der Waals surface area contributed by atoms with E-state index in [0.717, 1.165) is 44.6 Å². The molecular weight excluding hydrogens is 547 g/mol. The van der Waals surface area contributed by atoms with Crippen molar-refractivity contribution in [3.8, 4) is 0 Å². The van der Waals surface area contributed by atoms with Crippen LogP contribution in [0, 0.1) is 29.6 Å². The summed E-state index contributed by atoms with van der Waals surface area (Å²) in [5.41, 5.74) is 1.19. The number of fused-ring (bicyclic) bond motifs is 9. The minimum atomic E-state index is -4.58. The van der Waals surface area contributed by atoms with Gasteiger partial charge in [0.25, 0.3) is 0 Å². The lowest BCUT2D eigenvalue weighted by Gasteiger charge is -2.43. The van der Waals surface area contributed by atoms with E-state index in [1.54, 1.807) is 11.8 Å². The molecule has 2 aromatic carbocycles. The molecule has 1 N–H and O–H groups in total. The Bertz CT molecular complexity index is 1560. The van der Waals surface area contributed by atoms with Crippen molar-refractivity contribution in [3.63, 3.8) is 0 Å². The summed E-state index contributed by atoms with van der Waals surface area (Å²) in [7, 11) is 3.93. The van der Waals surface area contributed by atoms with Gasteiger partial charge < -0.3 is 9.88 Å². The summed E-state index contributed by atoms with van der Waals surface area (Å²) in [5, 5.41) is 0.842. The highest BCUT2D eigenvalue weighted by Crippen LogP contribution is 2.68. The number of nitrogens with one attached hydrogen (secondary N) is 1. The zero-order chi connectivity index (χ0) is 27.4. The van der Waals surface area contributed by atoms with Gasteiger partial charge in [-0.1, -0.05) is 29.5 Å². The van der Waals surface area contributed by atoms with E-state index in [1.165, 1.54) is 23.5 Å². The number of thiazole rings is 1. The minimum Gasteiger partial charge on any atom is -0.378 e. The van der Waals surface area contributed by atoms with Crippen molar-refractivity contribution in [3.05, 3.63) is 74.2 Å². The molecule has 0 radical (unpaired) electrons. The zero-order valence-corrected chi connectivity index (χ0v) is 22.6. The second-order valence-electron chi connectivity index (χ2n) is 11.0. The minimum absolute atomic E-state index is 0.0192. The maximum Gasteiger partial charge on any atom is 0.416 e. The summed E-state index contributed by atoms with van der Waals surface area (Å²) >= 11 is 2.79. The quantitative estimate of drug-likeness (QED) is 0.438. The van der Waals surface area contributed by atoms with Gasteiger partial charge in [0, 0.05) is 35.8 Å². The average Bonchev–Trinajstić information content (AvgIpc) is 3.62. The van der Waals surface area contributed by atoms with Crippen LogP contribution in [0.1, 0.15) is 28.3 Å². The topological polar surface area (TPSA) is 73.5 Å². The van der Waals surface area contributed by atoms with Crippen LogP contribution in [0.15, 0.2) is 58.4 Å². The number of nitrogens with zero attached hydrogens (tertiary/aromatic N) is 2. The smallest absolute Gasteiger partial charge is 0.378 e. The summed E-state index contributed by atoms with van der Waals surface area (Å²) in [4.78, 5) is 46.7. The largest absolute Gasteiger partial charge is 0.416 e. The first-order chi connectivity index (χ1) is 18.5. The van der Waals surface area contributed by atoms with Gasteiger partial charge in [-0.05, 0) is 60.1 Å². The first-order valence-electron chi connectivity index (χ1n) is 12.8. The number of hydrogen-bond donors (Lipinski definition) is 1. The number of benzene rings is 2. The maximum atomic E-state index is 13.8. The third kappa shape index (κ3) is 3.58. The molecule has 0 spiro atoms. The second-order valence-corrected chi connectivity index (χ2v) is 13.2. The molecular formula is C28H24F3N3O3S2. The van der Waals surface area contributed by atoms with Crippen LogP contribution in [0.3, 0.4) is 0 Å². The van der Waals surface area contributed by atoms with Crippen LogP contribution in [0.4, 0.5) is 24.5 Å². The molecule has 1 aromatic heterocycles. The monoisotopic (exact) mass is 571 g/mol. The SMILES string of the molecule is CN(C)c1ccc([C@@H]2c3sc(=O)[nH]c3S[C@@H]3[C@@H]4C[C@@H]([C@@H]5C(=O)N(c6cccc(C(F)(F)F)c6)C(=O)[C@@H]45)[C@@H]23)cc1. The number of alkyl halides is 3. The van der Waals surface area contributed by atoms with E-state index in [0.29, 0.717) is 0 Å². The molecule has 2 aliphatic carbocycles. The fraction of sp³-hybridized carbons (Fsp3) is 0.393. The highest BCUT2D eigenvalue weighted by Gasteiger charge is 2.69. The van der Waals surface area contributed by atoms with E-state index >= 15 is 0 Å². The fourth-order valence-corrected chi connectivity index (χ4v) is 10.3. The molecule has 2 amide bonds. The number of rotatable bonds is 3. The van der Waals surface area contributed by atoms with Crippen LogP contribution >= 0.6 is 23.1 Å². The maximum absolute atomic E-state index is 13.8. The average molecular weight is 572 g/mol. The summed E-state index contributed by atoms with van der Waals surface area (Å²) in [6.45, 7) is 0. The third-order valence-electron chi connectivity index (χ3n) is 8.92. The zero-order valence-electron chi connectivity index (χ0n) is 20.9. The molecule has 11 heteroatoms. The summed E-state index contributed by atoms with van der Waals surface area (Å²) < 4.78 is 40.2. The summed E-state index contributed by atoms with van der Waals surface area (Å²) in [6.07, 6.45) is -3.86. The molecule has 7 atom stereocenters. The lowest BCUT2D eigenvalue weighted by atomic mass is 9.68. The third-order valence-corrected chi connectivity index (χ3v) is 11.5. The van der Waals surface area contributed by atoms with Gasteiger partial charge in [0.1, 0.15) is 0 Å². The molecule has 39 heavy (non-hydrogen) atoms. The number of carbonyl (C=O) groups is 2. The van der Waals surface area contributed by atoms with E-state index in [4.69, 9.17) is 0 Å². The van der Waals surface area contributed by atoms with Crippen LogP contribution in [0.2, 0.25) is 0 Å². The Morgan fingerprint density at radius 2 is 1.67 bits per heavy atom. The molecule has 2 saturated carbocycles. The van der Waals surface area contributed by atoms with Crippen molar-refractivity contribution in [2.75, 3.05) is 23.9 Å². The van der Waals surface area contributed by atoms with Crippen molar-refractivity contribution in [2.24, 2.45) is 29.6 Å². The van der Waals surface area contributed by atoms with Gasteiger partial charge in [0.05, 0.1) is 28.1 Å². The predicted molar refractivity (Wildman–Crippen MR) is 143 cm³/mol. The first-order valence-corrected chi connectivity index (χ1v) is 14.5. The number of imide groups is 1. The number of aromatic nitrogens is 1. The molecule has 3 heterocycles. The molecule has 202 valence electrons. The molecule has 2 aliphatic heterocycles. The van der Waals surface area contributed by atoms with E-state index in [9.17, 15) is 27.6 Å². The number of aromatic amines is 1. The van der Waals surface area contributed by atoms with Gasteiger partial charge in [-0.3, -0.25) is 19.3 Å². The summed E-state index contributed by atoms with van der Waals surface area (Å²) in [5.74, 6) is -2.22. The molecule has 4 aliphatic rings. The fourth-order valence-electron chi connectivity index (χ4n) is 7.45. The van der Waals surface area contributed by atoms with Gasteiger partial charge in [0.15, 0.2) is 0 Å². The van der Waals surface area contributed by atoms with Crippen LogP contribution < -0.4 is 14.7 Å². The van der Waals surface area contributed by atoms with Crippen molar-refractivity contribution < 1.29 is 22.8 Å². The predicted octanol–water partition coefficient (Wildman–Crippen LogP) is 5.20. The van der Waals surface area contributed by atoms with E-state index in [2.05, 4.69) is 17.1 Å². The molecule has 0 unspecified atom stereocenters. The number of anilines is 2. The van der Waals surface area contributed by atoms with Crippen LogP contribution in [0.25, 0.3) is 0 Å². The Labute approximate surface area is 230 Å². The van der Waals surface area contributed by atoms with E-state index in [1.807, 2.05) is 31.1 Å². The molecule has 7 rings (SSSR count). The number of H-pyrrole nitrogens is 1. The lowest BCUT2D eigenvalue weighted by Crippen LogP contribution is -2.42. The van der Waals surface area contributed by atoms with Crippen LogP contribution in [-0.2, 0) is 15.8 Å². The van der Waals surface area contributed by atoms with Gasteiger partial charge in [-0.2, -0.15) is 13.2 Å². The highest BCUT2D eigenvalue weighted by atomic mass is 32.2. The van der Waals surface area contributed by atoms with E-state index in [-0.39, 0.29) is 39.5 Å². The molecule has 3 fully saturated rings. The van der Waals surface area contributed by atoms with Gasteiger partial charge in [0.2, 0.25) is 11.8 Å².